The molecule has 4 nitrogen and oxygen atoms in total. The number of nitriles is 1. The first-order valence-electron chi connectivity index (χ1n) is 16.4. The lowest BCUT2D eigenvalue weighted by Crippen LogP contribution is -2.28. The van der Waals surface area contributed by atoms with Gasteiger partial charge in [0.05, 0.1) is 39.4 Å². The summed E-state index contributed by atoms with van der Waals surface area (Å²) in [4.78, 5) is 0. The van der Waals surface area contributed by atoms with E-state index in [0.717, 1.165) is 61.7 Å². The van der Waals surface area contributed by atoms with Gasteiger partial charge in [-0.3, -0.25) is 0 Å². The van der Waals surface area contributed by atoms with Crippen LogP contribution < -0.4 is 0 Å². The molecule has 9 aromatic rings. The highest BCUT2D eigenvalue weighted by molar-refractivity contribution is 6.17. The van der Waals surface area contributed by atoms with Gasteiger partial charge in [0, 0.05) is 49.5 Å². The van der Waals surface area contributed by atoms with Crippen molar-refractivity contribution in [3.8, 4) is 11.8 Å². The second-order valence-corrected chi connectivity index (χ2v) is 13.1. The lowest BCUT2D eigenvalue weighted by Gasteiger charge is -2.32. The maximum Gasteiger partial charge on any atom is 0.137 e. The maximum atomic E-state index is 10.4. The monoisotopic (exact) mass is 615 g/mol. The summed E-state index contributed by atoms with van der Waals surface area (Å²) in [6, 6.07) is 47.1. The zero-order valence-corrected chi connectivity index (χ0v) is 26.3. The normalized spacial score (nSPS) is 16.5. The number of hydrogen-bond acceptors (Lipinski definition) is 2. The number of para-hydroxylation sites is 4. The van der Waals surface area contributed by atoms with E-state index in [-0.39, 0.29) is 5.54 Å². The fraction of sp³-hybridized carbons (Fsp3) is 0.0682. The minimum Gasteiger partial charge on any atom is -0.456 e. The van der Waals surface area contributed by atoms with Gasteiger partial charge in [-0.25, -0.2) is 0 Å². The predicted molar refractivity (Wildman–Crippen MR) is 198 cm³/mol. The first-order chi connectivity index (χ1) is 23.6. The molecule has 0 aliphatic heterocycles. The number of rotatable bonds is 3. The van der Waals surface area contributed by atoms with Gasteiger partial charge < -0.3 is 13.6 Å². The van der Waals surface area contributed by atoms with Crippen LogP contribution in [0.5, 0.6) is 0 Å². The number of fused-ring (bicyclic) bond motifs is 9. The van der Waals surface area contributed by atoms with Gasteiger partial charge in [-0.2, -0.15) is 5.26 Å². The molecule has 4 heteroatoms. The zero-order valence-electron chi connectivity index (χ0n) is 26.3. The molecule has 3 heterocycles. The SMILES string of the molecule is CC1(n2c3ccccc3c3cc4c(cc32)oc2ccccc24)C=CC(c2c(C#N)cccc2-n2c3ccccc3c3ccccc32)=CC1. The highest BCUT2D eigenvalue weighted by Gasteiger charge is 2.30. The average molecular weight is 616 g/mol. The van der Waals surface area contributed by atoms with E-state index >= 15 is 0 Å². The Hall–Kier alpha value is -6.31. The van der Waals surface area contributed by atoms with E-state index in [1.165, 1.54) is 27.1 Å². The van der Waals surface area contributed by atoms with Crippen LogP contribution in [0.4, 0.5) is 0 Å². The molecule has 0 bridgehead atoms. The molecular weight excluding hydrogens is 587 g/mol. The van der Waals surface area contributed by atoms with Crippen molar-refractivity contribution >= 4 is 71.1 Å². The molecule has 0 radical (unpaired) electrons. The van der Waals surface area contributed by atoms with Gasteiger partial charge in [0.25, 0.3) is 0 Å². The Balaban J connectivity index is 1.16. The summed E-state index contributed by atoms with van der Waals surface area (Å²) in [5.74, 6) is 0. The van der Waals surface area contributed by atoms with Gasteiger partial charge in [0.2, 0.25) is 0 Å². The molecule has 10 rings (SSSR count). The second-order valence-electron chi connectivity index (χ2n) is 13.1. The molecule has 3 aromatic heterocycles. The van der Waals surface area contributed by atoms with Crippen LogP contribution in [0.1, 0.15) is 24.5 Å². The molecule has 1 unspecified atom stereocenters. The van der Waals surface area contributed by atoms with Crippen LogP contribution in [-0.2, 0) is 5.54 Å². The van der Waals surface area contributed by atoms with Crippen molar-refractivity contribution in [3.63, 3.8) is 0 Å². The van der Waals surface area contributed by atoms with Gasteiger partial charge in [0.15, 0.2) is 0 Å². The molecule has 1 aliphatic rings. The van der Waals surface area contributed by atoms with Crippen LogP contribution in [0.2, 0.25) is 0 Å². The van der Waals surface area contributed by atoms with Gasteiger partial charge in [0.1, 0.15) is 11.2 Å². The Morgan fingerprint density at radius 2 is 1.27 bits per heavy atom. The molecule has 6 aromatic carbocycles. The highest BCUT2D eigenvalue weighted by Crippen LogP contribution is 2.44. The van der Waals surface area contributed by atoms with E-state index in [1.807, 2.05) is 24.3 Å². The molecule has 1 aliphatic carbocycles. The van der Waals surface area contributed by atoms with Crippen molar-refractivity contribution in [2.24, 2.45) is 0 Å². The lowest BCUT2D eigenvalue weighted by atomic mass is 9.85. The first-order valence-corrected chi connectivity index (χ1v) is 16.4. The maximum absolute atomic E-state index is 10.4. The number of aromatic nitrogens is 2. The highest BCUT2D eigenvalue weighted by atomic mass is 16.3. The van der Waals surface area contributed by atoms with Crippen molar-refractivity contribution in [1.29, 1.82) is 5.26 Å². The Morgan fingerprint density at radius 1 is 0.625 bits per heavy atom. The lowest BCUT2D eigenvalue weighted by molar-refractivity contribution is 0.438. The zero-order chi connectivity index (χ0) is 32.0. The van der Waals surface area contributed by atoms with E-state index in [4.69, 9.17) is 4.42 Å². The summed E-state index contributed by atoms with van der Waals surface area (Å²) in [5.41, 5.74) is 9.73. The fourth-order valence-corrected chi connectivity index (χ4v) is 8.12. The summed E-state index contributed by atoms with van der Waals surface area (Å²) >= 11 is 0. The van der Waals surface area contributed by atoms with Gasteiger partial charge >= 0.3 is 0 Å². The minimum atomic E-state index is -0.348. The molecule has 0 saturated carbocycles. The number of nitrogens with zero attached hydrogens (tertiary/aromatic N) is 3. The predicted octanol–water partition coefficient (Wildman–Crippen LogP) is 11.4. The smallest absolute Gasteiger partial charge is 0.137 e. The molecule has 0 N–H and O–H groups in total. The summed E-state index contributed by atoms with van der Waals surface area (Å²) in [6.45, 7) is 2.30. The van der Waals surface area contributed by atoms with Crippen molar-refractivity contribution in [2.75, 3.05) is 0 Å². The average Bonchev–Trinajstić information content (AvgIpc) is 3.78. The Labute approximate surface area is 276 Å². The van der Waals surface area contributed by atoms with Crippen molar-refractivity contribution < 1.29 is 4.42 Å². The molecule has 0 spiro atoms. The van der Waals surface area contributed by atoms with E-state index in [2.05, 4.69) is 143 Å². The minimum absolute atomic E-state index is 0.348. The molecule has 0 saturated heterocycles. The molecule has 0 amide bonds. The van der Waals surface area contributed by atoms with Crippen LogP contribution in [0.25, 0.3) is 76.8 Å². The van der Waals surface area contributed by atoms with Crippen molar-refractivity contribution in [1.82, 2.24) is 9.13 Å². The fourth-order valence-electron chi connectivity index (χ4n) is 8.12. The van der Waals surface area contributed by atoms with Crippen LogP contribution in [-0.4, -0.2) is 9.13 Å². The van der Waals surface area contributed by atoms with Crippen LogP contribution >= 0.6 is 0 Å². The standard InChI is InChI=1S/C44H29N3O/c1-44(47-38-18-8-4-14-32(38)34-25-35-33-15-5-9-20-41(33)48-42(35)26-40(34)47)23-21-28(22-24-44)43-29(27-45)11-10-19-39(43)46-36-16-6-2-12-30(36)31-13-3-7-17-37(31)46/h2-23,25-26H,24H2,1H3. The Kier molecular flexibility index (Phi) is 5.51. The van der Waals surface area contributed by atoms with Crippen LogP contribution in [0.15, 0.2) is 150 Å². The molecule has 48 heavy (non-hydrogen) atoms. The van der Waals surface area contributed by atoms with E-state index in [9.17, 15) is 5.26 Å². The molecule has 1 atom stereocenters. The molecular formula is C44H29N3O. The van der Waals surface area contributed by atoms with Crippen LogP contribution in [0.3, 0.4) is 0 Å². The van der Waals surface area contributed by atoms with Gasteiger partial charge in [-0.15, -0.1) is 0 Å². The number of benzene rings is 6. The van der Waals surface area contributed by atoms with Gasteiger partial charge in [-0.1, -0.05) is 97.1 Å². The summed E-state index contributed by atoms with van der Waals surface area (Å²) in [5, 5.41) is 17.5. The number of hydrogen-bond donors (Lipinski definition) is 0. The molecule has 226 valence electrons. The Morgan fingerprint density at radius 3 is 1.96 bits per heavy atom. The largest absolute Gasteiger partial charge is 0.456 e. The van der Waals surface area contributed by atoms with Gasteiger partial charge in [-0.05, 0) is 61.4 Å². The van der Waals surface area contributed by atoms with E-state index in [1.54, 1.807) is 0 Å². The summed E-state index contributed by atoms with van der Waals surface area (Å²) in [7, 11) is 0. The van der Waals surface area contributed by atoms with E-state index < -0.39 is 0 Å². The first kappa shape index (κ1) is 26.9. The molecule has 0 fully saturated rings. The quantitative estimate of drug-likeness (QED) is 0.198. The van der Waals surface area contributed by atoms with Crippen molar-refractivity contribution in [3.05, 3.63) is 157 Å². The Bertz CT molecular complexity index is 2850. The van der Waals surface area contributed by atoms with Crippen molar-refractivity contribution in [2.45, 2.75) is 18.9 Å². The summed E-state index contributed by atoms with van der Waals surface area (Å²) < 4.78 is 11.2. The number of furan rings is 1. The van der Waals surface area contributed by atoms with Crippen LogP contribution in [0, 0.1) is 11.3 Å². The summed E-state index contributed by atoms with van der Waals surface area (Å²) in [6.07, 6.45) is 7.61. The number of allylic oxidation sites excluding steroid dienone is 4. The third-order valence-corrected chi connectivity index (χ3v) is 10.3. The topological polar surface area (TPSA) is 46.8 Å². The van der Waals surface area contributed by atoms with E-state index in [0.29, 0.717) is 5.56 Å². The second kappa shape index (κ2) is 9.84. The third kappa shape index (κ3) is 3.64. The third-order valence-electron chi connectivity index (χ3n) is 10.3.